The highest BCUT2D eigenvalue weighted by Gasteiger charge is 2.68. The summed E-state index contributed by atoms with van der Waals surface area (Å²) in [6.45, 7) is 26.4. The van der Waals surface area contributed by atoms with Crippen LogP contribution in [0.5, 0.6) is 0 Å². The summed E-state index contributed by atoms with van der Waals surface area (Å²) < 4.78 is 0.606. The molecule has 0 nitrogen and oxygen atoms in total. The lowest BCUT2D eigenvalue weighted by molar-refractivity contribution is 1.21. The Balaban J connectivity index is 3.86. The fraction of sp³-hybridized carbons (Fsp3) is 0.647. The molecule has 23 heavy (non-hydrogen) atoms. The first-order valence-electron chi connectivity index (χ1n) is 8.45. The molecule has 0 amide bonds. The van der Waals surface area contributed by atoms with Crippen LogP contribution in [0.2, 0.25) is 74.4 Å². The number of benzene rings is 1. The third-order valence-electron chi connectivity index (χ3n) is 5.65. The molecule has 0 saturated heterocycles. The average molecular weight is 513 g/mol. The van der Waals surface area contributed by atoms with Crippen molar-refractivity contribution in [2.45, 2.75) is 69.4 Å². The van der Waals surface area contributed by atoms with Crippen LogP contribution in [0.15, 0.2) is 24.3 Å². The predicted molar refractivity (Wildman–Crippen MR) is 129 cm³/mol. The third kappa shape index (κ3) is 3.65. The maximum absolute atomic E-state index is 6.19. The molecule has 0 N–H and O–H groups in total. The molecular formula is C17H34ClISi4. The summed E-state index contributed by atoms with van der Waals surface area (Å²) in [6.07, 6.45) is 0. The van der Waals surface area contributed by atoms with Crippen molar-refractivity contribution >= 4 is 68.4 Å². The largest absolute Gasteiger partial charge is 0.120 e. The summed E-state index contributed by atoms with van der Waals surface area (Å²) in [5, 5.41) is 2.46. The van der Waals surface area contributed by atoms with E-state index in [9.17, 15) is 0 Å². The van der Waals surface area contributed by atoms with Crippen LogP contribution in [0.4, 0.5) is 0 Å². The molecule has 0 bridgehead atoms. The van der Waals surface area contributed by atoms with Gasteiger partial charge in [0.15, 0.2) is 0 Å². The van der Waals surface area contributed by atoms with Gasteiger partial charge in [0.25, 0.3) is 0 Å². The van der Waals surface area contributed by atoms with Crippen molar-refractivity contribution < 1.29 is 0 Å². The minimum absolute atomic E-state index is 0.606. The molecule has 0 unspecified atom stereocenters. The Morgan fingerprint density at radius 2 is 1.09 bits per heavy atom. The Hall–Kier alpha value is 1.11. The number of halogens is 2. The van der Waals surface area contributed by atoms with E-state index in [1.54, 1.807) is 5.19 Å². The van der Waals surface area contributed by atoms with Crippen molar-refractivity contribution in [2.24, 2.45) is 0 Å². The van der Waals surface area contributed by atoms with E-state index in [2.05, 4.69) is 112 Å². The molecule has 0 spiro atoms. The predicted octanol–water partition coefficient (Wildman–Crippen LogP) is 6.93. The van der Waals surface area contributed by atoms with E-state index in [1.165, 1.54) is 0 Å². The Morgan fingerprint density at radius 3 is 1.35 bits per heavy atom. The van der Waals surface area contributed by atoms with Gasteiger partial charge in [0, 0.05) is 21.2 Å². The van der Waals surface area contributed by atoms with Crippen LogP contribution in [0.1, 0.15) is 0 Å². The lowest BCUT2D eigenvalue weighted by Gasteiger charge is -2.65. The molecule has 0 aliphatic rings. The van der Waals surface area contributed by atoms with Gasteiger partial charge in [0.1, 0.15) is 5.57 Å². The monoisotopic (exact) mass is 512 g/mol. The van der Waals surface area contributed by atoms with E-state index in [0.717, 1.165) is 5.02 Å². The molecule has 0 aromatic heterocycles. The zero-order chi connectivity index (χ0) is 18.5. The van der Waals surface area contributed by atoms with Gasteiger partial charge in [-0.2, -0.15) is 0 Å². The second-order valence-corrected chi connectivity index (χ2v) is 40.2. The normalized spacial score (nSPS) is 15.0. The lowest BCUT2D eigenvalue weighted by atomic mass is 10.4. The molecule has 0 heterocycles. The van der Waals surface area contributed by atoms with Gasteiger partial charge in [-0.05, 0) is 16.0 Å². The first-order valence-corrected chi connectivity index (χ1v) is 24.9. The fourth-order valence-corrected chi connectivity index (χ4v) is 74.3. The third-order valence-corrected chi connectivity index (χ3v) is 47.6. The van der Waals surface area contributed by atoms with Crippen molar-refractivity contribution in [3.05, 3.63) is 29.3 Å². The molecule has 6 heteroatoms. The number of hydrogen-bond donors (Lipinski definition) is 0. The highest BCUT2D eigenvalue weighted by Crippen LogP contribution is 2.61. The van der Waals surface area contributed by atoms with Crippen LogP contribution in [0, 0.1) is 0 Å². The molecule has 1 aromatic carbocycles. The van der Waals surface area contributed by atoms with Crippen molar-refractivity contribution in [2.75, 3.05) is 0 Å². The minimum Gasteiger partial charge on any atom is -0.120 e. The molecule has 0 radical (unpaired) electrons. The number of rotatable bonds is 5. The SMILES string of the molecule is C[Si](C)(C)C([Si](C)(C)C)([Si](C)(C)I)[Si](C)(C)c1ccc(Cl)cc1. The maximum atomic E-state index is 6.19. The summed E-state index contributed by atoms with van der Waals surface area (Å²) in [5.74, 6) is 0. The second kappa shape index (κ2) is 6.68. The first-order chi connectivity index (χ1) is 10.00. The number of hydrogen-bond acceptors (Lipinski definition) is 0. The molecule has 132 valence electrons. The fourth-order valence-electron chi connectivity index (χ4n) is 6.61. The molecule has 0 saturated carbocycles. The zero-order valence-electron chi connectivity index (χ0n) is 16.6. The standard InChI is InChI=1S/C17H34ClISi4/c1-20(2,3)17(21(4,5)6,23(9,10)19)22(7,8)16-13-11-15(18)12-14-16/h11-14H,1-10H3. The van der Waals surface area contributed by atoms with Crippen LogP contribution in [-0.2, 0) is 0 Å². The molecule has 0 atom stereocenters. The summed E-state index contributed by atoms with van der Waals surface area (Å²) >= 11 is 9.10. The van der Waals surface area contributed by atoms with Crippen LogP contribution < -0.4 is 5.19 Å². The Bertz CT molecular complexity index is 512. The van der Waals surface area contributed by atoms with Crippen molar-refractivity contribution in [3.63, 3.8) is 0 Å². The zero-order valence-corrected chi connectivity index (χ0v) is 23.5. The lowest BCUT2D eigenvalue weighted by Crippen LogP contribution is -2.78. The summed E-state index contributed by atoms with van der Waals surface area (Å²) in [7, 11) is -4.46. The molecule has 0 fully saturated rings. The Labute approximate surface area is 166 Å². The second-order valence-electron chi connectivity index (χ2n) is 9.85. The van der Waals surface area contributed by atoms with Gasteiger partial charge in [-0.25, -0.2) is 0 Å². The maximum Gasteiger partial charge on any atom is 0.118 e. The van der Waals surface area contributed by atoms with Crippen LogP contribution in [-0.4, -0.2) is 29.8 Å². The van der Waals surface area contributed by atoms with E-state index >= 15 is 0 Å². The van der Waals surface area contributed by atoms with Gasteiger partial charge in [0.2, 0.25) is 0 Å². The van der Waals surface area contributed by atoms with E-state index in [-0.39, 0.29) is 0 Å². The van der Waals surface area contributed by atoms with Crippen LogP contribution >= 0.6 is 33.4 Å². The van der Waals surface area contributed by atoms with Crippen LogP contribution in [0.25, 0.3) is 0 Å². The average Bonchev–Trinajstić information content (AvgIpc) is 2.22. The smallest absolute Gasteiger partial charge is 0.118 e. The van der Waals surface area contributed by atoms with Gasteiger partial charge in [-0.15, -0.1) is 21.8 Å². The van der Waals surface area contributed by atoms with Gasteiger partial charge in [-0.1, -0.05) is 94.4 Å². The highest BCUT2D eigenvalue weighted by atomic mass is 127. The molecule has 0 aliphatic heterocycles. The topological polar surface area (TPSA) is 0 Å². The van der Waals surface area contributed by atoms with Gasteiger partial charge in [0.05, 0.1) is 8.07 Å². The summed E-state index contributed by atoms with van der Waals surface area (Å²) in [6, 6.07) is 8.87. The highest BCUT2D eigenvalue weighted by molar-refractivity contribution is 14.1. The van der Waals surface area contributed by atoms with Crippen molar-refractivity contribution in [1.82, 2.24) is 0 Å². The summed E-state index contributed by atoms with van der Waals surface area (Å²) in [5.41, 5.74) is -1.42. The molecular weight excluding hydrogens is 479 g/mol. The van der Waals surface area contributed by atoms with Gasteiger partial charge in [-0.3, -0.25) is 0 Å². The minimum atomic E-state index is -1.67. The molecule has 1 aromatic rings. The van der Waals surface area contributed by atoms with E-state index in [4.69, 9.17) is 11.6 Å². The van der Waals surface area contributed by atoms with Crippen LogP contribution in [0.3, 0.4) is 0 Å². The quantitative estimate of drug-likeness (QED) is 0.228. The van der Waals surface area contributed by atoms with Crippen molar-refractivity contribution in [1.29, 1.82) is 0 Å². The van der Waals surface area contributed by atoms with E-state index in [0.29, 0.717) is 3.91 Å². The summed E-state index contributed by atoms with van der Waals surface area (Å²) in [4.78, 5) is 0. The van der Waals surface area contributed by atoms with Gasteiger partial charge >= 0.3 is 0 Å². The molecule has 1 rings (SSSR count). The van der Waals surface area contributed by atoms with Crippen molar-refractivity contribution in [3.8, 4) is 0 Å². The first kappa shape index (κ1) is 22.1. The Kier molecular flexibility index (Phi) is 6.44. The van der Waals surface area contributed by atoms with E-state index in [1.807, 2.05) is 0 Å². The Morgan fingerprint density at radius 1 is 0.739 bits per heavy atom. The molecule has 0 aliphatic carbocycles. The van der Waals surface area contributed by atoms with Gasteiger partial charge < -0.3 is 0 Å². The van der Waals surface area contributed by atoms with E-state index < -0.39 is 29.8 Å².